The van der Waals surface area contributed by atoms with Gasteiger partial charge in [-0.05, 0) is 149 Å². The van der Waals surface area contributed by atoms with Gasteiger partial charge in [0.15, 0.2) is 11.2 Å². The van der Waals surface area contributed by atoms with E-state index in [1.165, 1.54) is 0 Å². The molecular formula is C71H60Cl4N4O7. The summed E-state index contributed by atoms with van der Waals surface area (Å²) in [5.74, 6) is 1.73. The normalized spacial score (nSPS) is 15.2. The highest BCUT2D eigenvalue weighted by molar-refractivity contribution is 6.53. The molecule has 0 saturated heterocycles. The number of nitrogens with one attached hydrogen (secondary N) is 1. The lowest BCUT2D eigenvalue weighted by atomic mass is 9.77. The third kappa shape index (κ3) is 10.9. The number of ether oxygens (including phenoxy) is 5. The van der Waals surface area contributed by atoms with Crippen molar-refractivity contribution in [3.8, 4) is 23.0 Å². The lowest BCUT2D eigenvalue weighted by molar-refractivity contribution is 0.0223. The lowest BCUT2D eigenvalue weighted by Gasteiger charge is -2.37. The molecule has 1 unspecified atom stereocenters. The van der Waals surface area contributed by atoms with Crippen LogP contribution in [0.15, 0.2) is 194 Å². The van der Waals surface area contributed by atoms with Crippen molar-refractivity contribution < 1.29 is 33.3 Å². The molecule has 0 saturated carbocycles. The van der Waals surface area contributed by atoms with Crippen molar-refractivity contribution in [3.05, 3.63) is 275 Å². The molecule has 15 heteroatoms. The van der Waals surface area contributed by atoms with E-state index in [0.717, 1.165) is 84.1 Å². The van der Waals surface area contributed by atoms with Gasteiger partial charge in [0.1, 0.15) is 23.0 Å². The van der Waals surface area contributed by atoms with Gasteiger partial charge in [0.05, 0.1) is 45.4 Å². The van der Waals surface area contributed by atoms with Crippen LogP contribution < -0.4 is 34.2 Å². The number of cyclic esters (lactones) is 1. The van der Waals surface area contributed by atoms with Gasteiger partial charge in [-0.25, -0.2) is 9.59 Å². The van der Waals surface area contributed by atoms with E-state index in [-0.39, 0.29) is 37.2 Å². The molecule has 9 aromatic carbocycles. The first-order chi connectivity index (χ1) is 41.3. The lowest BCUT2D eigenvalue weighted by Crippen LogP contribution is -2.33. The van der Waals surface area contributed by atoms with Gasteiger partial charge in [-0.3, -0.25) is 0 Å². The molecule has 1 N–H and O–H groups in total. The van der Waals surface area contributed by atoms with Gasteiger partial charge in [0.25, 0.3) is 0 Å². The molecule has 1 atom stereocenters. The summed E-state index contributed by atoms with van der Waals surface area (Å²) in [5.41, 5.74) is 11.5. The third-order valence-corrected chi connectivity index (χ3v) is 17.4. The maximum atomic E-state index is 14.1. The number of nitrogens with zero attached hydrogens (tertiary/aromatic N) is 3. The standard InChI is InChI=1S/C42H36Cl4N2O4.C29H24N2O3/c1-47(2)29-15-7-25(8-16-29)33(27-11-19-31(50-5)20-12-27)23-42(36-35(41(49)52-42)37(43)39(45)40(46)38(36)44)24-34(28-13-21-32(51-6)22-14-28)26-9-17-30(18-10-26)48(3)4;1-18-15-26-24(17-25(18)30-19-9-5-4-6-10-19)29(22-12-8-7-11-21(22)28(32)34-29)23-14-13-20(31(2)3)16-27(23)33-26/h7-24H,1-6H3;4-17,30H,1-3H3/b33-23-,34-24-;. The molecule has 0 aromatic heterocycles. The van der Waals surface area contributed by atoms with Crippen molar-refractivity contribution in [1.82, 2.24) is 0 Å². The number of benzene rings is 9. The van der Waals surface area contributed by atoms with E-state index in [2.05, 4.69) is 11.4 Å². The Labute approximate surface area is 521 Å². The van der Waals surface area contributed by atoms with Gasteiger partial charge in [-0.1, -0.05) is 131 Å². The predicted molar refractivity (Wildman–Crippen MR) is 349 cm³/mol. The van der Waals surface area contributed by atoms with Crippen molar-refractivity contribution >= 4 is 97.9 Å². The maximum Gasteiger partial charge on any atom is 0.341 e. The molecular weight excluding hydrogens is 1160 g/mol. The van der Waals surface area contributed by atoms with Gasteiger partial charge in [-0.2, -0.15) is 0 Å². The molecule has 0 bridgehead atoms. The van der Waals surface area contributed by atoms with Crippen molar-refractivity contribution in [1.29, 1.82) is 0 Å². The van der Waals surface area contributed by atoms with Gasteiger partial charge >= 0.3 is 11.9 Å². The molecule has 0 fully saturated rings. The zero-order valence-electron chi connectivity index (χ0n) is 48.7. The van der Waals surface area contributed by atoms with E-state index < -0.39 is 17.2 Å². The highest BCUT2D eigenvalue weighted by Gasteiger charge is 2.54. The van der Waals surface area contributed by atoms with Crippen LogP contribution in [0.4, 0.5) is 28.4 Å². The Bertz CT molecular complexity index is 4040. The fourth-order valence-electron chi connectivity index (χ4n) is 11.1. The van der Waals surface area contributed by atoms with Crippen molar-refractivity contribution in [3.63, 3.8) is 0 Å². The van der Waals surface area contributed by atoms with Crippen LogP contribution in [-0.4, -0.2) is 68.4 Å². The van der Waals surface area contributed by atoms with Gasteiger partial charge < -0.3 is 43.7 Å². The minimum atomic E-state index is -1.63. The maximum absolute atomic E-state index is 14.1. The van der Waals surface area contributed by atoms with E-state index in [9.17, 15) is 9.59 Å². The molecule has 11 nitrogen and oxygen atoms in total. The first-order valence-electron chi connectivity index (χ1n) is 27.5. The highest BCUT2D eigenvalue weighted by Crippen LogP contribution is 2.58. The Hall–Kier alpha value is -8.84. The Balaban J connectivity index is 0.000000194. The number of rotatable bonds is 13. The molecule has 3 aliphatic rings. The fraction of sp³-hybridized carbons (Fsp3) is 0.155. The number of halogens is 4. The smallest absolute Gasteiger partial charge is 0.341 e. The van der Waals surface area contributed by atoms with Gasteiger partial charge in [0, 0.05) is 99.0 Å². The number of para-hydroxylation sites is 1. The van der Waals surface area contributed by atoms with Crippen LogP contribution >= 0.6 is 46.4 Å². The number of esters is 2. The molecule has 3 aliphatic heterocycles. The van der Waals surface area contributed by atoms with Crippen molar-refractivity contribution in [2.24, 2.45) is 0 Å². The zero-order valence-corrected chi connectivity index (χ0v) is 51.7. The second kappa shape index (κ2) is 23.9. The first-order valence-corrected chi connectivity index (χ1v) is 29.1. The zero-order chi connectivity index (χ0) is 60.8. The highest BCUT2D eigenvalue weighted by atomic mass is 35.5. The minimum Gasteiger partial charge on any atom is -0.497 e. The number of hydrogen-bond donors (Lipinski definition) is 1. The van der Waals surface area contributed by atoms with Crippen molar-refractivity contribution in [2.45, 2.75) is 18.1 Å². The van der Waals surface area contributed by atoms with Crippen molar-refractivity contribution in [2.75, 3.05) is 76.5 Å². The molecule has 0 aliphatic carbocycles. The summed E-state index contributed by atoms with van der Waals surface area (Å²) in [6.07, 6.45) is 3.79. The molecule has 3 heterocycles. The van der Waals surface area contributed by atoms with E-state index in [0.29, 0.717) is 28.6 Å². The average Bonchev–Trinajstić information content (AvgIpc) is 1.45. The van der Waals surface area contributed by atoms with E-state index >= 15 is 0 Å². The Morgan fingerprint density at radius 2 is 0.965 bits per heavy atom. The number of methoxy groups -OCH3 is 2. The van der Waals surface area contributed by atoms with Gasteiger partial charge in [-0.15, -0.1) is 0 Å². The summed E-state index contributed by atoms with van der Waals surface area (Å²) in [5, 5.41) is 3.51. The monoisotopic (exact) mass is 1220 g/mol. The van der Waals surface area contributed by atoms with E-state index in [4.69, 9.17) is 70.1 Å². The van der Waals surface area contributed by atoms with E-state index in [1.807, 2.05) is 252 Å². The summed E-state index contributed by atoms with van der Waals surface area (Å²) < 4.78 is 30.2. The number of carbonyl (C=O) groups excluding carboxylic acids is 2. The summed E-state index contributed by atoms with van der Waals surface area (Å²) in [7, 11) is 15.1. The van der Waals surface area contributed by atoms with Crippen LogP contribution in [0.2, 0.25) is 20.1 Å². The molecule has 1 spiro atoms. The SMILES string of the molecule is COc1ccc(/C(=C\C2(/C=C(\c3ccc(OC)cc3)c3ccc(N(C)C)cc3)OC(=O)c3c(Cl)c(Cl)c(Cl)c(Cl)c32)c2ccc(N(C)C)cc2)cc1.Cc1cc2c(cc1Nc1ccccc1)C1(OC(=O)c3ccccc31)c1ccc(N(C)C)cc1O2. The Morgan fingerprint density at radius 1 is 0.488 bits per heavy atom. The summed E-state index contributed by atoms with van der Waals surface area (Å²) in [6, 6.07) is 59.3. The minimum absolute atomic E-state index is 0.0132. The summed E-state index contributed by atoms with van der Waals surface area (Å²) >= 11 is 27.2. The molecule has 12 rings (SSSR count). The number of hydrogen-bond acceptors (Lipinski definition) is 11. The molecule has 434 valence electrons. The number of aryl methyl sites for hydroxylation is 1. The molecule has 0 amide bonds. The van der Waals surface area contributed by atoms with Crippen LogP contribution in [0.25, 0.3) is 11.1 Å². The second-order valence-electron chi connectivity index (χ2n) is 21.6. The molecule has 9 aromatic rings. The van der Waals surface area contributed by atoms with Gasteiger partial charge in [0.2, 0.25) is 0 Å². The fourth-order valence-corrected chi connectivity index (χ4v) is 12.2. The topological polar surface area (TPSA) is 102 Å². The van der Waals surface area contributed by atoms with E-state index in [1.54, 1.807) is 14.2 Å². The molecule has 0 radical (unpaired) electrons. The summed E-state index contributed by atoms with van der Waals surface area (Å²) in [4.78, 5) is 33.2. The van der Waals surface area contributed by atoms with Crippen LogP contribution in [-0.2, 0) is 20.7 Å². The number of carbonyl (C=O) groups is 2. The van der Waals surface area contributed by atoms with Crippen LogP contribution in [0, 0.1) is 6.92 Å². The number of fused-ring (bicyclic) bond motifs is 7. The molecule has 86 heavy (non-hydrogen) atoms. The quantitative estimate of drug-likeness (QED) is 0.0678. The van der Waals surface area contributed by atoms with Crippen LogP contribution in [0.5, 0.6) is 23.0 Å². The average molecular weight is 1220 g/mol. The van der Waals surface area contributed by atoms with Crippen LogP contribution in [0.3, 0.4) is 0 Å². The first kappa shape index (κ1) is 58.9. The van der Waals surface area contributed by atoms with Crippen LogP contribution in [0.1, 0.15) is 70.8 Å². The Morgan fingerprint density at radius 3 is 1.49 bits per heavy atom. The summed E-state index contributed by atoms with van der Waals surface area (Å²) in [6.45, 7) is 2.04. The largest absolute Gasteiger partial charge is 0.497 e. The number of anilines is 5. The Kier molecular flexibility index (Phi) is 16.4. The predicted octanol–water partition coefficient (Wildman–Crippen LogP) is 17.5. The third-order valence-electron chi connectivity index (χ3n) is 15.6. The second-order valence-corrected chi connectivity index (χ2v) is 23.1.